The molecule has 1 heterocycles. The Morgan fingerprint density at radius 1 is 0.950 bits per heavy atom. The van der Waals surface area contributed by atoms with Gasteiger partial charge < -0.3 is 0 Å². The lowest BCUT2D eigenvalue weighted by Gasteiger charge is -2.43. The Morgan fingerprint density at radius 3 is 2.00 bits per heavy atom. The van der Waals surface area contributed by atoms with Gasteiger partial charge in [-0.05, 0) is 35.7 Å². The van der Waals surface area contributed by atoms with E-state index < -0.39 is 8.24 Å². The van der Waals surface area contributed by atoms with Crippen molar-refractivity contribution in [1.29, 1.82) is 0 Å². The van der Waals surface area contributed by atoms with Crippen LogP contribution in [0.4, 0.5) is 0 Å². The van der Waals surface area contributed by atoms with Crippen LogP contribution in [-0.4, -0.2) is 17.7 Å². The van der Waals surface area contributed by atoms with Gasteiger partial charge in [0.25, 0.3) is 0 Å². The summed E-state index contributed by atoms with van der Waals surface area (Å²) in [5.74, 6) is 0. The van der Waals surface area contributed by atoms with Crippen molar-refractivity contribution in [1.82, 2.24) is 9.45 Å². The lowest BCUT2D eigenvalue weighted by Crippen LogP contribution is -2.52. The van der Waals surface area contributed by atoms with E-state index >= 15 is 0 Å². The van der Waals surface area contributed by atoms with E-state index in [1.807, 2.05) is 0 Å². The molecule has 2 nitrogen and oxygen atoms in total. The van der Waals surface area contributed by atoms with Crippen LogP contribution in [0.1, 0.15) is 47.1 Å². The standard InChI is InChI=1S/C17H28N2Si/c1-12(2)20(13(3)4,14(5)6)19-17-9-8-15(7)10-16(17)11-18-19/h8-14H,1-7H3. The van der Waals surface area contributed by atoms with Gasteiger partial charge >= 0.3 is 0 Å². The predicted octanol–water partition coefficient (Wildman–Crippen LogP) is 5.37. The topological polar surface area (TPSA) is 17.8 Å². The van der Waals surface area contributed by atoms with Crippen molar-refractivity contribution in [3.63, 3.8) is 0 Å². The van der Waals surface area contributed by atoms with Crippen LogP contribution in [0.5, 0.6) is 0 Å². The minimum Gasteiger partial charge on any atom is -0.293 e. The number of rotatable bonds is 4. The minimum absolute atomic E-state index is 0.673. The van der Waals surface area contributed by atoms with Gasteiger partial charge in [0.05, 0.1) is 11.7 Å². The molecular formula is C17H28N2Si. The molecule has 0 saturated carbocycles. The van der Waals surface area contributed by atoms with E-state index in [-0.39, 0.29) is 0 Å². The fourth-order valence-corrected chi connectivity index (χ4v) is 10.5. The number of hydrogen-bond donors (Lipinski definition) is 0. The van der Waals surface area contributed by atoms with Crippen LogP contribution < -0.4 is 0 Å². The fourth-order valence-electron chi connectivity index (χ4n) is 4.19. The summed E-state index contributed by atoms with van der Waals surface area (Å²) in [6, 6.07) is 6.71. The molecule has 0 radical (unpaired) electrons. The van der Waals surface area contributed by atoms with Gasteiger partial charge in [-0.25, -0.2) is 0 Å². The number of benzene rings is 1. The largest absolute Gasteiger partial charge is 0.293 e. The summed E-state index contributed by atoms with van der Waals surface area (Å²) >= 11 is 0. The van der Waals surface area contributed by atoms with Crippen LogP contribution in [0, 0.1) is 6.92 Å². The second kappa shape index (κ2) is 5.36. The third kappa shape index (κ3) is 2.12. The van der Waals surface area contributed by atoms with E-state index in [0.717, 1.165) is 0 Å². The SMILES string of the molecule is Cc1ccc2c(cnn2[Si](C(C)C)(C(C)C)C(C)C)c1. The van der Waals surface area contributed by atoms with Gasteiger partial charge in [0.2, 0.25) is 0 Å². The van der Waals surface area contributed by atoms with Crippen molar-refractivity contribution >= 4 is 19.1 Å². The van der Waals surface area contributed by atoms with Gasteiger partial charge in [0.15, 0.2) is 8.24 Å². The molecule has 2 rings (SSSR count). The Labute approximate surface area is 124 Å². The summed E-state index contributed by atoms with van der Waals surface area (Å²) in [5, 5.41) is 6.13. The number of nitrogens with zero attached hydrogens (tertiary/aromatic N) is 2. The summed E-state index contributed by atoms with van der Waals surface area (Å²) < 4.78 is 2.43. The third-order valence-electron chi connectivity index (χ3n) is 4.86. The van der Waals surface area contributed by atoms with Crippen molar-refractivity contribution in [3.05, 3.63) is 30.0 Å². The average molecular weight is 289 g/mol. The van der Waals surface area contributed by atoms with Gasteiger partial charge in [-0.15, -0.1) is 0 Å². The molecule has 0 atom stereocenters. The molecule has 0 N–H and O–H groups in total. The first-order valence-corrected chi connectivity index (χ1v) is 9.94. The van der Waals surface area contributed by atoms with E-state index in [4.69, 9.17) is 5.10 Å². The molecule has 2 aromatic rings. The first-order chi connectivity index (χ1) is 9.31. The highest BCUT2D eigenvalue weighted by atomic mass is 28.3. The second-order valence-electron chi connectivity index (χ2n) is 6.97. The van der Waals surface area contributed by atoms with Gasteiger partial charge in [-0.2, -0.15) is 5.10 Å². The van der Waals surface area contributed by atoms with Crippen molar-refractivity contribution in [2.24, 2.45) is 0 Å². The quantitative estimate of drug-likeness (QED) is 0.692. The summed E-state index contributed by atoms with van der Waals surface area (Å²) in [5.41, 5.74) is 4.65. The first-order valence-electron chi connectivity index (χ1n) is 7.76. The van der Waals surface area contributed by atoms with Crippen molar-refractivity contribution < 1.29 is 0 Å². The van der Waals surface area contributed by atoms with Crippen molar-refractivity contribution in [2.75, 3.05) is 0 Å². The molecule has 0 spiro atoms. The molecule has 1 aromatic carbocycles. The Morgan fingerprint density at radius 2 is 1.50 bits per heavy atom. The van der Waals surface area contributed by atoms with Crippen LogP contribution in [-0.2, 0) is 0 Å². The molecule has 20 heavy (non-hydrogen) atoms. The molecule has 0 fully saturated rings. The predicted molar refractivity (Wildman–Crippen MR) is 90.9 cm³/mol. The molecule has 0 unspecified atom stereocenters. The zero-order valence-electron chi connectivity index (χ0n) is 13.9. The van der Waals surface area contributed by atoms with Crippen LogP contribution in [0.2, 0.25) is 16.6 Å². The van der Waals surface area contributed by atoms with E-state index in [1.165, 1.54) is 16.5 Å². The fraction of sp³-hybridized carbons (Fsp3) is 0.588. The summed E-state index contributed by atoms with van der Waals surface area (Å²) in [6.45, 7) is 16.4. The van der Waals surface area contributed by atoms with E-state index in [9.17, 15) is 0 Å². The maximum Gasteiger partial charge on any atom is 0.193 e. The Kier molecular flexibility index (Phi) is 4.10. The summed E-state index contributed by atoms with van der Waals surface area (Å²) in [4.78, 5) is 0. The van der Waals surface area contributed by atoms with Crippen LogP contribution >= 0.6 is 0 Å². The van der Waals surface area contributed by atoms with Gasteiger partial charge in [0, 0.05) is 5.39 Å². The molecule has 0 amide bonds. The molecular weight excluding hydrogens is 260 g/mol. The van der Waals surface area contributed by atoms with E-state index in [2.05, 4.69) is 77.2 Å². The van der Waals surface area contributed by atoms with Crippen molar-refractivity contribution in [3.8, 4) is 0 Å². The average Bonchev–Trinajstić information content (AvgIpc) is 2.72. The van der Waals surface area contributed by atoms with E-state index in [0.29, 0.717) is 16.6 Å². The molecule has 0 aliphatic rings. The van der Waals surface area contributed by atoms with E-state index in [1.54, 1.807) is 0 Å². The lowest BCUT2D eigenvalue weighted by atomic mass is 10.2. The Balaban J connectivity index is 2.75. The second-order valence-corrected chi connectivity index (χ2v) is 12.6. The first kappa shape index (κ1) is 15.3. The molecule has 3 heteroatoms. The minimum atomic E-state index is -1.73. The monoisotopic (exact) mass is 288 g/mol. The Hall–Kier alpha value is -1.09. The zero-order valence-corrected chi connectivity index (χ0v) is 14.9. The number of aromatic nitrogens is 2. The highest BCUT2D eigenvalue weighted by Crippen LogP contribution is 2.43. The third-order valence-corrected chi connectivity index (χ3v) is 11.5. The van der Waals surface area contributed by atoms with Crippen LogP contribution in [0.25, 0.3) is 10.9 Å². The summed E-state index contributed by atoms with van der Waals surface area (Å²) in [7, 11) is -1.73. The number of aryl methyl sites for hydroxylation is 1. The molecule has 1 aromatic heterocycles. The molecule has 0 aliphatic carbocycles. The number of fused-ring (bicyclic) bond motifs is 1. The highest BCUT2D eigenvalue weighted by molar-refractivity contribution is 6.82. The van der Waals surface area contributed by atoms with Crippen molar-refractivity contribution in [2.45, 2.75) is 65.1 Å². The smallest absolute Gasteiger partial charge is 0.193 e. The molecule has 0 aliphatic heterocycles. The van der Waals surface area contributed by atoms with Gasteiger partial charge in [-0.3, -0.25) is 4.35 Å². The molecule has 110 valence electrons. The Bertz CT molecular complexity index is 574. The highest BCUT2D eigenvalue weighted by Gasteiger charge is 2.46. The maximum absolute atomic E-state index is 4.85. The van der Waals surface area contributed by atoms with Gasteiger partial charge in [-0.1, -0.05) is 53.2 Å². The lowest BCUT2D eigenvalue weighted by molar-refractivity contribution is 0.736. The maximum atomic E-state index is 4.85. The zero-order chi connectivity index (χ0) is 15.1. The molecule has 0 bridgehead atoms. The summed E-state index contributed by atoms with van der Waals surface area (Å²) in [6.07, 6.45) is 2.05. The van der Waals surface area contributed by atoms with Crippen LogP contribution in [0.15, 0.2) is 24.4 Å². The molecule has 0 saturated heterocycles. The number of hydrogen-bond acceptors (Lipinski definition) is 1. The van der Waals surface area contributed by atoms with Gasteiger partial charge in [0.1, 0.15) is 0 Å². The normalized spacial score (nSPS) is 13.1. The van der Waals surface area contributed by atoms with Crippen LogP contribution in [0.3, 0.4) is 0 Å².